The molecule has 2 rings (SSSR count). The molecule has 1 heterocycles. The first kappa shape index (κ1) is 14.1. The molecule has 19 heavy (non-hydrogen) atoms. The van der Waals surface area contributed by atoms with Crippen molar-refractivity contribution in [3.05, 3.63) is 23.2 Å². The molecule has 2 N–H and O–H groups in total. The molecule has 5 heteroatoms. The molecule has 1 aromatic heterocycles. The maximum Gasteiger partial charge on any atom is 0.258 e. The van der Waals surface area contributed by atoms with E-state index in [1.165, 1.54) is 0 Å². The molecule has 104 valence electrons. The fourth-order valence-electron chi connectivity index (χ4n) is 2.75. The summed E-state index contributed by atoms with van der Waals surface area (Å²) in [7, 11) is 0. The van der Waals surface area contributed by atoms with Crippen LogP contribution in [-0.4, -0.2) is 28.4 Å². The van der Waals surface area contributed by atoms with E-state index in [4.69, 9.17) is 22.4 Å². The van der Waals surface area contributed by atoms with E-state index in [1.807, 2.05) is 18.7 Å². The zero-order valence-electron chi connectivity index (χ0n) is 11.4. The lowest BCUT2D eigenvalue weighted by atomic mass is 10.1. The molecule has 0 spiro atoms. The van der Waals surface area contributed by atoms with Gasteiger partial charge in [0.25, 0.3) is 5.91 Å². The van der Waals surface area contributed by atoms with E-state index < -0.39 is 0 Å². The second-order valence-corrected chi connectivity index (χ2v) is 5.69. The van der Waals surface area contributed by atoms with Gasteiger partial charge < -0.3 is 15.1 Å². The van der Waals surface area contributed by atoms with Crippen LogP contribution in [0.3, 0.4) is 0 Å². The van der Waals surface area contributed by atoms with Crippen molar-refractivity contribution in [3.63, 3.8) is 0 Å². The van der Waals surface area contributed by atoms with Crippen LogP contribution in [0.4, 0.5) is 0 Å². The zero-order chi connectivity index (χ0) is 14.0. The summed E-state index contributed by atoms with van der Waals surface area (Å²) < 4.78 is 5.44. The Hall–Kier alpha value is -1.36. The maximum absolute atomic E-state index is 12.7. The molecule has 1 aliphatic rings. The topological polar surface area (TPSA) is 59.5 Å². The largest absolute Gasteiger partial charge is 0.466 e. The lowest BCUT2D eigenvalue weighted by Gasteiger charge is -2.28. The normalized spacial score (nSPS) is 15.7. The Morgan fingerprint density at radius 2 is 2.11 bits per heavy atom. The monoisotopic (exact) mass is 280 g/mol. The Kier molecular flexibility index (Phi) is 4.24. The van der Waals surface area contributed by atoms with Gasteiger partial charge in [0.2, 0.25) is 0 Å². The van der Waals surface area contributed by atoms with Crippen LogP contribution >= 0.6 is 12.2 Å². The smallest absolute Gasteiger partial charge is 0.258 e. The second kappa shape index (κ2) is 5.74. The summed E-state index contributed by atoms with van der Waals surface area (Å²) in [5, 5.41) is 0. The number of nitrogens with two attached hydrogens (primary N) is 1. The number of rotatable bonds is 4. The van der Waals surface area contributed by atoms with Gasteiger partial charge in [-0.2, -0.15) is 0 Å². The number of furan rings is 1. The van der Waals surface area contributed by atoms with Gasteiger partial charge in [0.15, 0.2) is 0 Å². The van der Waals surface area contributed by atoms with E-state index in [-0.39, 0.29) is 11.9 Å². The van der Waals surface area contributed by atoms with Crippen molar-refractivity contribution in [3.8, 4) is 0 Å². The highest BCUT2D eigenvalue weighted by atomic mass is 32.1. The van der Waals surface area contributed by atoms with Crippen LogP contribution < -0.4 is 5.73 Å². The van der Waals surface area contributed by atoms with Gasteiger partial charge in [0.1, 0.15) is 11.5 Å². The fraction of sp³-hybridized carbons (Fsp3) is 0.571. The van der Waals surface area contributed by atoms with Gasteiger partial charge in [0.05, 0.1) is 17.1 Å². The molecule has 0 atom stereocenters. The first-order valence-corrected chi connectivity index (χ1v) is 7.06. The molecule has 1 amide bonds. The summed E-state index contributed by atoms with van der Waals surface area (Å²) in [5.74, 6) is 1.39. The van der Waals surface area contributed by atoms with E-state index >= 15 is 0 Å². The Morgan fingerprint density at radius 1 is 1.47 bits per heavy atom. The highest BCUT2D eigenvalue weighted by Gasteiger charge is 2.29. The minimum absolute atomic E-state index is 0.0194. The summed E-state index contributed by atoms with van der Waals surface area (Å²) in [6.07, 6.45) is 4.39. The Balaban J connectivity index is 2.24. The number of hydrogen-bond acceptors (Lipinski definition) is 3. The van der Waals surface area contributed by atoms with Crippen LogP contribution in [0, 0.1) is 13.8 Å². The van der Waals surface area contributed by atoms with E-state index in [2.05, 4.69) is 0 Å². The van der Waals surface area contributed by atoms with Crippen molar-refractivity contribution in [1.29, 1.82) is 0 Å². The molecule has 0 saturated heterocycles. The van der Waals surface area contributed by atoms with E-state index in [9.17, 15) is 4.79 Å². The van der Waals surface area contributed by atoms with Crippen molar-refractivity contribution < 1.29 is 9.21 Å². The predicted octanol–water partition coefficient (Wildman–Crippen LogP) is 2.57. The van der Waals surface area contributed by atoms with Crippen molar-refractivity contribution in [1.82, 2.24) is 4.90 Å². The summed E-state index contributed by atoms with van der Waals surface area (Å²) in [4.78, 5) is 14.8. The summed E-state index contributed by atoms with van der Waals surface area (Å²) in [6.45, 7) is 4.01. The van der Waals surface area contributed by atoms with E-state index in [1.54, 1.807) is 6.07 Å². The molecule has 0 unspecified atom stereocenters. The number of amides is 1. The molecule has 0 radical (unpaired) electrons. The van der Waals surface area contributed by atoms with Crippen molar-refractivity contribution in [2.24, 2.45) is 5.73 Å². The number of nitrogens with zero attached hydrogens (tertiary/aromatic N) is 1. The highest BCUT2D eigenvalue weighted by Crippen LogP contribution is 2.26. The third-order valence-corrected chi connectivity index (χ3v) is 3.75. The molecule has 0 aromatic carbocycles. The quantitative estimate of drug-likeness (QED) is 0.861. The van der Waals surface area contributed by atoms with E-state index in [0.29, 0.717) is 22.9 Å². The van der Waals surface area contributed by atoms with Gasteiger partial charge in [-0.1, -0.05) is 25.1 Å². The first-order valence-electron chi connectivity index (χ1n) is 6.65. The van der Waals surface area contributed by atoms with Crippen LogP contribution in [0.2, 0.25) is 0 Å². The summed E-state index contributed by atoms with van der Waals surface area (Å²) >= 11 is 4.97. The summed E-state index contributed by atoms with van der Waals surface area (Å²) in [6, 6.07) is 2.04. The van der Waals surface area contributed by atoms with E-state index in [0.717, 1.165) is 31.4 Å². The average Bonchev–Trinajstić information content (AvgIpc) is 2.94. The molecular formula is C14H20N2O2S. The van der Waals surface area contributed by atoms with Gasteiger partial charge >= 0.3 is 0 Å². The molecule has 1 aromatic rings. The number of carbonyl (C=O) groups is 1. The predicted molar refractivity (Wildman–Crippen MR) is 78.3 cm³/mol. The van der Waals surface area contributed by atoms with Crippen LogP contribution in [0.25, 0.3) is 0 Å². The number of carbonyl (C=O) groups excluding carboxylic acids is 1. The molecule has 1 aliphatic carbocycles. The van der Waals surface area contributed by atoms with Crippen LogP contribution in [0.5, 0.6) is 0 Å². The Morgan fingerprint density at radius 3 is 2.58 bits per heavy atom. The molecule has 1 saturated carbocycles. The molecule has 4 nitrogen and oxygen atoms in total. The van der Waals surface area contributed by atoms with Crippen molar-refractivity contribution >= 4 is 23.1 Å². The molecule has 1 fully saturated rings. The second-order valence-electron chi connectivity index (χ2n) is 5.16. The lowest BCUT2D eigenvalue weighted by molar-refractivity contribution is 0.0713. The van der Waals surface area contributed by atoms with Crippen molar-refractivity contribution in [2.45, 2.75) is 45.6 Å². The highest BCUT2D eigenvalue weighted by molar-refractivity contribution is 7.80. The molecule has 0 aliphatic heterocycles. The Labute approximate surface area is 118 Å². The van der Waals surface area contributed by atoms with Crippen LogP contribution in [0.1, 0.15) is 47.6 Å². The third-order valence-electron chi connectivity index (χ3n) is 3.62. The first-order chi connectivity index (χ1) is 8.99. The van der Waals surface area contributed by atoms with Crippen LogP contribution in [0.15, 0.2) is 10.5 Å². The SMILES string of the molecule is Cc1cc(C(=O)N(CC(N)=S)C2CCCC2)c(C)o1. The Bertz CT molecular complexity index is 490. The third kappa shape index (κ3) is 3.15. The van der Waals surface area contributed by atoms with Crippen molar-refractivity contribution in [2.75, 3.05) is 6.54 Å². The van der Waals surface area contributed by atoms with Gasteiger partial charge in [-0.25, -0.2) is 0 Å². The summed E-state index contributed by atoms with van der Waals surface area (Å²) in [5.41, 5.74) is 6.26. The minimum atomic E-state index is -0.0194. The standard InChI is InChI=1S/C14H20N2O2S/c1-9-7-12(10(2)18-9)14(17)16(8-13(15)19)11-5-3-4-6-11/h7,11H,3-6,8H2,1-2H3,(H2,15,19). The number of hydrogen-bond donors (Lipinski definition) is 1. The average molecular weight is 280 g/mol. The number of thiocarbonyl (C=S) groups is 1. The maximum atomic E-state index is 12.7. The van der Waals surface area contributed by atoms with Crippen LogP contribution in [-0.2, 0) is 0 Å². The molecular weight excluding hydrogens is 260 g/mol. The number of aryl methyl sites for hydroxylation is 2. The van der Waals surface area contributed by atoms with Gasteiger partial charge in [-0.3, -0.25) is 4.79 Å². The zero-order valence-corrected chi connectivity index (χ0v) is 12.3. The molecule has 0 bridgehead atoms. The minimum Gasteiger partial charge on any atom is -0.466 e. The van der Waals surface area contributed by atoms with Gasteiger partial charge in [-0.15, -0.1) is 0 Å². The van der Waals surface area contributed by atoms with Gasteiger partial charge in [0, 0.05) is 6.04 Å². The fourth-order valence-corrected chi connectivity index (χ4v) is 2.89. The lowest BCUT2D eigenvalue weighted by Crippen LogP contribution is -2.43. The van der Waals surface area contributed by atoms with Gasteiger partial charge in [-0.05, 0) is 32.8 Å².